The lowest BCUT2D eigenvalue weighted by atomic mass is 9.90. The highest BCUT2D eigenvalue weighted by Gasteiger charge is 2.32. The largest absolute Gasteiger partial charge is 0.297 e. The number of nitrogens with two attached hydrogens (primary N) is 1. The van der Waals surface area contributed by atoms with Crippen LogP contribution < -0.4 is 11.3 Å². The number of terminal acetylenes is 1. The van der Waals surface area contributed by atoms with E-state index in [0.717, 1.165) is 13.1 Å². The molecule has 0 saturated carbocycles. The smallest absolute Gasteiger partial charge is 0.0498 e. The molecule has 0 aliphatic rings. The molecule has 0 spiro atoms. The van der Waals surface area contributed by atoms with Gasteiger partial charge in [-0.1, -0.05) is 13.8 Å². The lowest BCUT2D eigenvalue weighted by molar-refractivity contribution is 0.0931. The van der Waals surface area contributed by atoms with E-state index in [1.54, 1.807) is 0 Å². The topological polar surface area (TPSA) is 41.3 Å². The molecule has 0 aromatic carbocycles. The van der Waals surface area contributed by atoms with Gasteiger partial charge in [0.15, 0.2) is 0 Å². The second-order valence-electron chi connectivity index (χ2n) is 3.95. The monoisotopic (exact) mass is 197 g/mol. The van der Waals surface area contributed by atoms with Gasteiger partial charge in [-0.05, 0) is 26.9 Å². The molecule has 3 N–H and O–H groups in total. The van der Waals surface area contributed by atoms with Crippen LogP contribution in [0, 0.1) is 12.3 Å². The fraction of sp³-hybridized carbons (Fsp3) is 0.818. The molecule has 0 fully saturated rings. The number of nitrogens with one attached hydrogen (secondary N) is 1. The van der Waals surface area contributed by atoms with Crippen molar-refractivity contribution >= 4 is 0 Å². The molecule has 0 heterocycles. The Morgan fingerprint density at radius 1 is 1.43 bits per heavy atom. The summed E-state index contributed by atoms with van der Waals surface area (Å²) in [5, 5.41) is 0. The molecule has 0 radical (unpaired) electrons. The molecular weight excluding hydrogens is 174 g/mol. The molecule has 0 bridgehead atoms. The van der Waals surface area contributed by atoms with Gasteiger partial charge in [0.1, 0.15) is 0 Å². The van der Waals surface area contributed by atoms with Crippen LogP contribution in [0.4, 0.5) is 0 Å². The Bertz CT molecular complexity index is 189. The Balaban J connectivity index is 4.61. The summed E-state index contributed by atoms with van der Waals surface area (Å²) in [7, 11) is 0. The van der Waals surface area contributed by atoms with Crippen LogP contribution in [0.5, 0.6) is 0 Å². The minimum absolute atomic E-state index is 0.00931. The van der Waals surface area contributed by atoms with Gasteiger partial charge in [-0.15, -0.1) is 12.3 Å². The van der Waals surface area contributed by atoms with Crippen LogP contribution in [0.2, 0.25) is 0 Å². The highest BCUT2D eigenvalue weighted by Crippen LogP contribution is 2.20. The zero-order valence-corrected chi connectivity index (χ0v) is 9.80. The minimum atomic E-state index is -0.00931. The number of hydrogen-bond donors (Lipinski definition) is 2. The third kappa shape index (κ3) is 2.98. The molecular formula is C11H23N3. The fourth-order valence-electron chi connectivity index (χ4n) is 1.89. The minimum Gasteiger partial charge on any atom is -0.297 e. The zero-order valence-electron chi connectivity index (χ0n) is 9.80. The van der Waals surface area contributed by atoms with E-state index in [2.05, 4.69) is 43.9 Å². The maximum Gasteiger partial charge on any atom is 0.0498 e. The molecule has 14 heavy (non-hydrogen) atoms. The average Bonchev–Trinajstić information content (AvgIpc) is 2.15. The van der Waals surface area contributed by atoms with Crippen LogP contribution >= 0.6 is 0 Å². The van der Waals surface area contributed by atoms with E-state index in [9.17, 15) is 0 Å². The van der Waals surface area contributed by atoms with Crippen molar-refractivity contribution in [3.8, 4) is 12.3 Å². The first-order valence-electron chi connectivity index (χ1n) is 5.19. The second-order valence-corrected chi connectivity index (χ2v) is 3.95. The highest BCUT2D eigenvalue weighted by molar-refractivity contribution is 4.99. The van der Waals surface area contributed by atoms with E-state index in [-0.39, 0.29) is 11.6 Å². The van der Waals surface area contributed by atoms with Gasteiger partial charge in [-0.2, -0.15) is 0 Å². The van der Waals surface area contributed by atoms with E-state index in [0.29, 0.717) is 6.42 Å². The van der Waals surface area contributed by atoms with Crippen molar-refractivity contribution in [1.29, 1.82) is 0 Å². The van der Waals surface area contributed by atoms with Gasteiger partial charge in [-0.3, -0.25) is 16.2 Å². The maximum atomic E-state index is 5.52. The average molecular weight is 197 g/mol. The maximum absolute atomic E-state index is 5.52. The van der Waals surface area contributed by atoms with Gasteiger partial charge in [0.2, 0.25) is 0 Å². The third-order valence-corrected chi connectivity index (χ3v) is 2.95. The first-order valence-corrected chi connectivity index (χ1v) is 5.19. The summed E-state index contributed by atoms with van der Waals surface area (Å²) >= 11 is 0. The van der Waals surface area contributed by atoms with Gasteiger partial charge in [-0.25, -0.2) is 0 Å². The number of rotatable bonds is 6. The predicted molar refractivity (Wildman–Crippen MR) is 61.6 cm³/mol. The van der Waals surface area contributed by atoms with Crippen LogP contribution in [0.3, 0.4) is 0 Å². The van der Waals surface area contributed by atoms with Crippen molar-refractivity contribution in [3.05, 3.63) is 0 Å². The predicted octanol–water partition coefficient (Wildman–Crippen LogP) is 0.962. The molecule has 0 aliphatic carbocycles. The normalized spacial score (nSPS) is 14.1. The standard InChI is InChI=1S/C11H23N3/c1-6-9-10(13-12)11(4,5)14(7-2)8-3/h1,10,13H,7-9,12H2,2-5H3. The van der Waals surface area contributed by atoms with Crippen molar-refractivity contribution < 1.29 is 0 Å². The van der Waals surface area contributed by atoms with Gasteiger partial charge < -0.3 is 0 Å². The van der Waals surface area contributed by atoms with E-state index >= 15 is 0 Å². The van der Waals surface area contributed by atoms with Crippen molar-refractivity contribution in [2.45, 2.75) is 45.7 Å². The van der Waals surface area contributed by atoms with Crippen molar-refractivity contribution in [2.24, 2.45) is 5.84 Å². The Hall–Kier alpha value is -0.560. The third-order valence-electron chi connectivity index (χ3n) is 2.95. The summed E-state index contributed by atoms with van der Waals surface area (Å²) in [5.41, 5.74) is 2.80. The molecule has 0 rings (SSSR count). The van der Waals surface area contributed by atoms with E-state index < -0.39 is 0 Å². The van der Waals surface area contributed by atoms with Crippen LogP contribution in [-0.2, 0) is 0 Å². The molecule has 1 atom stereocenters. The molecule has 0 aromatic rings. The molecule has 0 aromatic heterocycles. The number of hydrazine groups is 1. The number of hydrogen-bond acceptors (Lipinski definition) is 3. The Morgan fingerprint density at radius 2 is 1.93 bits per heavy atom. The second kappa shape index (κ2) is 6.02. The highest BCUT2D eigenvalue weighted by atomic mass is 15.3. The lowest BCUT2D eigenvalue weighted by Crippen LogP contribution is -2.59. The Kier molecular flexibility index (Phi) is 5.78. The quantitative estimate of drug-likeness (QED) is 0.378. The summed E-state index contributed by atoms with van der Waals surface area (Å²) in [6.07, 6.45) is 5.97. The van der Waals surface area contributed by atoms with Crippen molar-refractivity contribution in [2.75, 3.05) is 13.1 Å². The Morgan fingerprint density at radius 3 is 2.21 bits per heavy atom. The van der Waals surface area contributed by atoms with Crippen molar-refractivity contribution in [3.63, 3.8) is 0 Å². The van der Waals surface area contributed by atoms with Gasteiger partial charge in [0, 0.05) is 18.0 Å². The van der Waals surface area contributed by atoms with Crippen LogP contribution in [0.1, 0.15) is 34.1 Å². The first-order chi connectivity index (χ1) is 6.54. The molecule has 1 unspecified atom stereocenters. The molecule has 0 aliphatic heterocycles. The SMILES string of the molecule is C#CCC(NN)C(C)(C)N(CC)CC. The van der Waals surface area contributed by atoms with E-state index in [1.165, 1.54) is 0 Å². The van der Waals surface area contributed by atoms with Gasteiger partial charge in [0.25, 0.3) is 0 Å². The molecule has 82 valence electrons. The zero-order chi connectivity index (χ0) is 11.2. The van der Waals surface area contributed by atoms with Crippen LogP contribution in [0.15, 0.2) is 0 Å². The van der Waals surface area contributed by atoms with Gasteiger partial charge in [0.05, 0.1) is 0 Å². The summed E-state index contributed by atoms with van der Waals surface area (Å²) < 4.78 is 0. The van der Waals surface area contributed by atoms with E-state index in [1.807, 2.05) is 0 Å². The summed E-state index contributed by atoms with van der Waals surface area (Å²) in [5.74, 6) is 8.18. The van der Waals surface area contributed by atoms with Crippen LogP contribution in [0.25, 0.3) is 0 Å². The lowest BCUT2D eigenvalue weighted by Gasteiger charge is -2.42. The number of nitrogens with zero attached hydrogens (tertiary/aromatic N) is 1. The number of likely N-dealkylation sites (N-methyl/N-ethyl adjacent to an activating group) is 1. The summed E-state index contributed by atoms with van der Waals surface area (Å²) in [6.45, 7) is 10.6. The fourth-order valence-corrected chi connectivity index (χ4v) is 1.89. The first kappa shape index (κ1) is 13.4. The van der Waals surface area contributed by atoms with E-state index in [4.69, 9.17) is 12.3 Å². The van der Waals surface area contributed by atoms with Gasteiger partial charge >= 0.3 is 0 Å². The van der Waals surface area contributed by atoms with Crippen LogP contribution in [-0.4, -0.2) is 29.6 Å². The summed E-state index contributed by atoms with van der Waals surface area (Å²) in [6, 6.07) is 0.132. The molecule has 0 amide bonds. The van der Waals surface area contributed by atoms with Crippen molar-refractivity contribution in [1.82, 2.24) is 10.3 Å². The molecule has 3 nitrogen and oxygen atoms in total. The Labute approximate surface area is 88.0 Å². The molecule has 3 heteroatoms. The molecule has 0 saturated heterocycles. The summed E-state index contributed by atoms with van der Waals surface area (Å²) in [4.78, 5) is 2.36.